The summed E-state index contributed by atoms with van der Waals surface area (Å²) in [5.41, 5.74) is 1.66. The van der Waals surface area contributed by atoms with E-state index in [0.29, 0.717) is 35.5 Å². The van der Waals surface area contributed by atoms with Crippen LogP contribution in [0.2, 0.25) is 0 Å². The van der Waals surface area contributed by atoms with Gasteiger partial charge >= 0.3 is 0 Å². The Morgan fingerprint density at radius 2 is 1.84 bits per heavy atom. The second-order valence-electron chi connectivity index (χ2n) is 12.9. The molecule has 0 unspecified atom stereocenters. The van der Waals surface area contributed by atoms with E-state index in [2.05, 4.69) is 39.1 Å². The van der Waals surface area contributed by atoms with E-state index in [4.69, 9.17) is 4.74 Å². The molecule has 3 N–H and O–H groups in total. The predicted molar refractivity (Wildman–Crippen MR) is 121 cm³/mol. The van der Waals surface area contributed by atoms with Crippen LogP contribution in [0.1, 0.15) is 79.1 Å². The lowest BCUT2D eigenvalue weighted by Crippen LogP contribution is -2.58. The number of fused-ring (bicyclic) bond motifs is 7. The summed E-state index contributed by atoms with van der Waals surface area (Å²) < 4.78 is 6.86. The zero-order valence-corrected chi connectivity index (χ0v) is 19.9. The van der Waals surface area contributed by atoms with E-state index in [-0.39, 0.29) is 34.9 Å². The topological polar surface area (TPSA) is 61.7 Å². The van der Waals surface area contributed by atoms with Gasteiger partial charge in [-0.05, 0) is 85.9 Å². The third kappa shape index (κ3) is 2.68. The number of aliphatic hydroxyl groups is 2. The standard InChI is InChI=1S/C27H43NO3/c1-15-7-12-27(28-14-15)16(2)21-24(31-27)23(30)22-19-6-5-17-13-18(29)8-10-25(17,3)20(19)9-11-26(21,22)4/h5,15-16,18-24,28-30H,6-14H2,1-4H3/t15-,16-,18-,19-,20+,21+,22+,23+,24-,25-,26+,27-/m0/s1. The average molecular weight is 430 g/mol. The van der Waals surface area contributed by atoms with Crippen LogP contribution in [0.4, 0.5) is 0 Å². The Morgan fingerprint density at radius 1 is 1.03 bits per heavy atom. The van der Waals surface area contributed by atoms with Crippen LogP contribution in [0.5, 0.6) is 0 Å². The number of rotatable bonds is 0. The molecule has 0 amide bonds. The fourth-order valence-electron chi connectivity index (χ4n) is 9.87. The Labute approximate surface area is 188 Å². The van der Waals surface area contributed by atoms with Crippen molar-refractivity contribution in [2.24, 2.45) is 46.3 Å². The highest BCUT2D eigenvalue weighted by Gasteiger charge is 2.71. The second kappa shape index (κ2) is 6.81. The van der Waals surface area contributed by atoms with E-state index < -0.39 is 0 Å². The van der Waals surface area contributed by atoms with Gasteiger partial charge in [-0.2, -0.15) is 0 Å². The fraction of sp³-hybridized carbons (Fsp3) is 0.926. The maximum Gasteiger partial charge on any atom is 0.122 e. The molecule has 0 aromatic heterocycles. The Morgan fingerprint density at radius 3 is 2.58 bits per heavy atom. The number of allylic oxidation sites excluding steroid dienone is 1. The summed E-state index contributed by atoms with van der Waals surface area (Å²) in [5.74, 6) is 3.13. The maximum absolute atomic E-state index is 11.8. The quantitative estimate of drug-likeness (QED) is 0.504. The van der Waals surface area contributed by atoms with E-state index in [0.717, 1.165) is 38.6 Å². The van der Waals surface area contributed by atoms with E-state index in [1.54, 1.807) is 0 Å². The van der Waals surface area contributed by atoms with Crippen molar-refractivity contribution in [3.63, 3.8) is 0 Å². The fourth-order valence-corrected chi connectivity index (χ4v) is 9.87. The number of piperidine rings is 1. The molecule has 2 aliphatic heterocycles. The van der Waals surface area contributed by atoms with Gasteiger partial charge in [-0.25, -0.2) is 0 Å². The molecular weight excluding hydrogens is 386 g/mol. The maximum atomic E-state index is 11.8. The number of nitrogens with one attached hydrogen (secondary N) is 1. The molecule has 3 saturated carbocycles. The first kappa shape index (κ1) is 21.1. The molecular formula is C27H43NO3. The number of aliphatic hydroxyl groups excluding tert-OH is 2. The molecule has 174 valence electrons. The summed E-state index contributed by atoms with van der Waals surface area (Å²) in [6.07, 6.45) is 10.7. The first-order valence-corrected chi connectivity index (χ1v) is 13.2. The second-order valence-corrected chi connectivity index (χ2v) is 12.9. The van der Waals surface area contributed by atoms with Gasteiger partial charge < -0.3 is 14.9 Å². The number of ether oxygens (including phenoxy) is 1. The summed E-state index contributed by atoms with van der Waals surface area (Å²) in [5, 5.41) is 25.8. The lowest BCUT2D eigenvalue weighted by atomic mass is 9.46. The largest absolute Gasteiger partial charge is 0.393 e. The van der Waals surface area contributed by atoms with Crippen molar-refractivity contribution in [3.8, 4) is 0 Å². The molecule has 0 radical (unpaired) electrons. The molecule has 5 fully saturated rings. The van der Waals surface area contributed by atoms with Gasteiger partial charge in [-0.3, -0.25) is 5.32 Å². The SMILES string of the molecule is C[C@H]1CC[C@]2(NC1)O[C@@H]1[C@H](O)[C@H]3[C@H]4CC=C5C[C@@H](O)CC[C@]5(C)[C@@H]4CC[C@]3(C)[C@@H]1[C@@H]2C. The van der Waals surface area contributed by atoms with Crippen LogP contribution in [-0.2, 0) is 4.74 Å². The van der Waals surface area contributed by atoms with Gasteiger partial charge in [0.05, 0.1) is 18.3 Å². The Bertz CT molecular complexity index is 772. The van der Waals surface area contributed by atoms with Crippen molar-refractivity contribution in [2.75, 3.05) is 6.54 Å². The van der Waals surface area contributed by atoms with Crippen molar-refractivity contribution in [1.29, 1.82) is 0 Å². The van der Waals surface area contributed by atoms with Crippen LogP contribution in [0.25, 0.3) is 0 Å². The molecule has 31 heavy (non-hydrogen) atoms. The first-order chi connectivity index (χ1) is 14.7. The molecule has 4 nitrogen and oxygen atoms in total. The Kier molecular flexibility index (Phi) is 4.64. The minimum atomic E-state index is -0.349. The minimum Gasteiger partial charge on any atom is -0.393 e. The molecule has 2 heterocycles. The average Bonchev–Trinajstić information content (AvgIpc) is 3.14. The van der Waals surface area contributed by atoms with Gasteiger partial charge in [0, 0.05) is 18.4 Å². The van der Waals surface area contributed by atoms with Crippen molar-refractivity contribution in [2.45, 2.75) is 103 Å². The van der Waals surface area contributed by atoms with E-state index in [1.165, 1.54) is 24.8 Å². The lowest BCUT2D eigenvalue weighted by Gasteiger charge is -2.58. The summed E-state index contributed by atoms with van der Waals surface area (Å²) >= 11 is 0. The zero-order valence-electron chi connectivity index (χ0n) is 19.9. The summed E-state index contributed by atoms with van der Waals surface area (Å²) in [7, 11) is 0. The molecule has 6 aliphatic rings. The van der Waals surface area contributed by atoms with Gasteiger partial charge in [0.25, 0.3) is 0 Å². The Hall–Kier alpha value is -0.420. The monoisotopic (exact) mass is 429 g/mol. The molecule has 2 saturated heterocycles. The van der Waals surface area contributed by atoms with Crippen LogP contribution in [0, 0.1) is 46.3 Å². The molecule has 12 atom stereocenters. The molecule has 6 rings (SSSR count). The Balaban J connectivity index is 1.32. The van der Waals surface area contributed by atoms with Gasteiger partial charge in [0.2, 0.25) is 0 Å². The van der Waals surface area contributed by atoms with Crippen LogP contribution < -0.4 is 5.32 Å². The summed E-state index contributed by atoms with van der Waals surface area (Å²) in [6, 6.07) is 0. The zero-order chi connectivity index (χ0) is 21.8. The van der Waals surface area contributed by atoms with E-state index >= 15 is 0 Å². The number of hydrogen-bond donors (Lipinski definition) is 3. The van der Waals surface area contributed by atoms with Crippen molar-refractivity contribution in [3.05, 3.63) is 11.6 Å². The molecule has 0 aromatic carbocycles. The third-order valence-corrected chi connectivity index (χ3v) is 11.6. The first-order valence-electron chi connectivity index (χ1n) is 13.2. The van der Waals surface area contributed by atoms with Crippen LogP contribution in [0.3, 0.4) is 0 Å². The summed E-state index contributed by atoms with van der Waals surface area (Å²) in [6.45, 7) is 10.7. The highest BCUT2D eigenvalue weighted by Crippen LogP contribution is 2.70. The number of hydrogen-bond acceptors (Lipinski definition) is 4. The molecule has 0 bridgehead atoms. The summed E-state index contributed by atoms with van der Waals surface area (Å²) in [4.78, 5) is 0. The normalized spacial score (nSPS) is 60.7. The van der Waals surface area contributed by atoms with E-state index in [1.807, 2.05) is 0 Å². The predicted octanol–water partition coefficient (Wildman–Crippen LogP) is 4.26. The van der Waals surface area contributed by atoms with Crippen molar-refractivity contribution in [1.82, 2.24) is 5.32 Å². The lowest BCUT2D eigenvalue weighted by molar-refractivity contribution is -0.152. The van der Waals surface area contributed by atoms with Crippen LogP contribution in [-0.4, -0.2) is 40.8 Å². The molecule has 4 heteroatoms. The van der Waals surface area contributed by atoms with Gasteiger partial charge in [0.15, 0.2) is 0 Å². The highest BCUT2D eigenvalue weighted by molar-refractivity contribution is 5.27. The van der Waals surface area contributed by atoms with Crippen LogP contribution >= 0.6 is 0 Å². The smallest absolute Gasteiger partial charge is 0.122 e. The molecule has 0 aromatic rings. The highest BCUT2D eigenvalue weighted by atomic mass is 16.5. The third-order valence-electron chi connectivity index (χ3n) is 11.6. The van der Waals surface area contributed by atoms with E-state index in [9.17, 15) is 10.2 Å². The minimum absolute atomic E-state index is 0.0176. The molecule has 4 aliphatic carbocycles. The van der Waals surface area contributed by atoms with Gasteiger partial charge in [0.1, 0.15) is 5.72 Å². The van der Waals surface area contributed by atoms with Crippen molar-refractivity contribution >= 4 is 0 Å². The molecule has 1 spiro atoms. The van der Waals surface area contributed by atoms with Crippen molar-refractivity contribution < 1.29 is 14.9 Å². The van der Waals surface area contributed by atoms with Gasteiger partial charge in [-0.15, -0.1) is 0 Å². The van der Waals surface area contributed by atoms with Gasteiger partial charge in [-0.1, -0.05) is 39.3 Å². The van der Waals surface area contributed by atoms with Crippen LogP contribution in [0.15, 0.2) is 11.6 Å².